The molecule has 1 aromatic heterocycles. The molecule has 6 nitrogen and oxygen atoms in total. The first-order valence-corrected chi connectivity index (χ1v) is 10.1. The second kappa shape index (κ2) is 9.45. The number of hydrogen-bond donors (Lipinski definition) is 0. The lowest BCUT2D eigenvalue weighted by molar-refractivity contribution is -0.384. The minimum atomic E-state index is -0.595. The van der Waals surface area contributed by atoms with Crippen molar-refractivity contribution in [1.29, 1.82) is 0 Å². The van der Waals surface area contributed by atoms with E-state index >= 15 is 0 Å². The van der Waals surface area contributed by atoms with Crippen molar-refractivity contribution < 1.29 is 14.4 Å². The number of nitrogens with zero attached hydrogens (tertiary/aromatic N) is 2. The predicted octanol–water partition coefficient (Wildman–Crippen LogP) is 5.44. The highest BCUT2D eigenvalue weighted by atomic mass is 32.1. The first-order chi connectivity index (χ1) is 14.1. The molecule has 0 saturated heterocycles. The molecule has 3 rings (SSSR count). The quantitative estimate of drug-likeness (QED) is 0.347. The number of non-ortho nitro benzene ring substituents is 1. The third-order valence-corrected chi connectivity index (χ3v) is 5.60. The molecule has 0 fully saturated rings. The molecule has 150 valence electrons. The summed E-state index contributed by atoms with van der Waals surface area (Å²) in [5, 5.41) is 13.6. The fourth-order valence-corrected chi connectivity index (χ4v) is 4.03. The number of nitro groups is 1. The first-order valence-electron chi connectivity index (χ1n) is 9.18. The van der Waals surface area contributed by atoms with Gasteiger partial charge >= 0.3 is 0 Å². The lowest BCUT2D eigenvalue weighted by Crippen LogP contribution is -2.29. The number of aromatic nitrogens is 1. The SMILES string of the molecule is CCC(OC)(c1cccc(OC/C=C/c2ccc([N+](=O)[O-])cc2)c1)c1nccs1. The van der Waals surface area contributed by atoms with E-state index in [1.54, 1.807) is 36.8 Å². The van der Waals surface area contributed by atoms with Crippen LogP contribution in [0.15, 0.2) is 66.2 Å². The zero-order chi connectivity index (χ0) is 20.7. The van der Waals surface area contributed by atoms with E-state index in [1.165, 1.54) is 12.1 Å². The van der Waals surface area contributed by atoms with E-state index in [0.717, 1.165) is 28.3 Å². The molecule has 0 amide bonds. The predicted molar refractivity (Wildman–Crippen MR) is 114 cm³/mol. The number of nitro benzene ring substituents is 1. The molecule has 0 aliphatic heterocycles. The first kappa shape index (κ1) is 20.7. The van der Waals surface area contributed by atoms with Gasteiger partial charge < -0.3 is 9.47 Å². The molecule has 29 heavy (non-hydrogen) atoms. The molecule has 1 atom stereocenters. The van der Waals surface area contributed by atoms with E-state index in [4.69, 9.17) is 9.47 Å². The molecule has 7 heteroatoms. The van der Waals surface area contributed by atoms with Crippen molar-refractivity contribution in [3.63, 3.8) is 0 Å². The van der Waals surface area contributed by atoms with Crippen LogP contribution in [0.1, 0.15) is 29.5 Å². The molecule has 0 aliphatic rings. The van der Waals surface area contributed by atoms with Gasteiger partial charge in [-0.05, 0) is 47.9 Å². The molecule has 0 spiro atoms. The highest BCUT2D eigenvalue weighted by molar-refractivity contribution is 7.09. The van der Waals surface area contributed by atoms with E-state index in [9.17, 15) is 10.1 Å². The number of hydrogen-bond acceptors (Lipinski definition) is 6. The Morgan fingerprint density at radius 2 is 2.03 bits per heavy atom. The third kappa shape index (κ3) is 4.70. The Morgan fingerprint density at radius 1 is 1.24 bits per heavy atom. The summed E-state index contributed by atoms with van der Waals surface area (Å²) in [6.45, 7) is 2.45. The average Bonchev–Trinajstić information content (AvgIpc) is 3.29. The minimum absolute atomic E-state index is 0.0768. The van der Waals surface area contributed by atoms with Crippen molar-refractivity contribution in [3.8, 4) is 5.75 Å². The van der Waals surface area contributed by atoms with Crippen LogP contribution in [0.2, 0.25) is 0 Å². The van der Waals surface area contributed by atoms with Crippen LogP contribution in [0, 0.1) is 10.1 Å². The van der Waals surface area contributed by atoms with Crippen LogP contribution < -0.4 is 4.74 Å². The maximum Gasteiger partial charge on any atom is 0.269 e. The van der Waals surface area contributed by atoms with Crippen molar-refractivity contribution in [2.75, 3.05) is 13.7 Å². The molecule has 0 aliphatic carbocycles. The highest BCUT2D eigenvalue weighted by Crippen LogP contribution is 2.38. The highest BCUT2D eigenvalue weighted by Gasteiger charge is 2.35. The van der Waals surface area contributed by atoms with Gasteiger partial charge in [-0.1, -0.05) is 25.1 Å². The summed E-state index contributed by atoms with van der Waals surface area (Å²) in [5.74, 6) is 0.738. The molecule has 1 heterocycles. The molecule has 3 aromatic rings. The van der Waals surface area contributed by atoms with Crippen molar-refractivity contribution in [2.24, 2.45) is 0 Å². The van der Waals surface area contributed by atoms with Crippen LogP contribution in [-0.2, 0) is 10.3 Å². The monoisotopic (exact) mass is 410 g/mol. The molecule has 0 N–H and O–H groups in total. The van der Waals surface area contributed by atoms with E-state index < -0.39 is 10.5 Å². The number of ether oxygens (including phenoxy) is 2. The standard InChI is InChI=1S/C22H22N2O4S/c1-3-22(27-2,21-23-13-15-29-21)18-7-4-8-20(16-18)28-14-5-6-17-9-11-19(12-10-17)24(25)26/h4-13,15-16H,3,14H2,1-2H3/b6-5+. The van der Waals surface area contributed by atoms with E-state index in [-0.39, 0.29) is 5.69 Å². The summed E-state index contributed by atoms with van der Waals surface area (Å²) in [6, 6.07) is 14.2. The van der Waals surface area contributed by atoms with Crippen molar-refractivity contribution >= 4 is 23.1 Å². The van der Waals surface area contributed by atoms with Gasteiger partial charge in [0.25, 0.3) is 5.69 Å². The van der Waals surface area contributed by atoms with E-state index in [0.29, 0.717) is 6.61 Å². The Kier molecular flexibility index (Phi) is 6.74. The minimum Gasteiger partial charge on any atom is -0.490 e. The van der Waals surface area contributed by atoms with Gasteiger partial charge in [-0.25, -0.2) is 4.98 Å². The van der Waals surface area contributed by atoms with Crippen molar-refractivity contribution in [3.05, 3.63) is 92.4 Å². The van der Waals surface area contributed by atoms with Crippen molar-refractivity contribution in [1.82, 2.24) is 4.98 Å². The maximum absolute atomic E-state index is 10.7. The largest absolute Gasteiger partial charge is 0.490 e. The molecular formula is C22H22N2O4S. The topological polar surface area (TPSA) is 74.5 Å². The van der Waals surface area contributed by atoms with Crippen LogP contribution >= 0.6 is 11.3 Å². The second-order valence-electron chi connectivity index (χ2n) is 6.31. The van der Waals surface area contributed by atoms with Gasteiger partial charge in [0.2, 0.25) is 0 Å². The summed E-state index contributed by atoms with van der Waals surface area (Å²) < 4.78 is 11.8. The van der Waals surface area contributed by atoms with Gasteiger partial charge in [-0.3, -0.25) is 10.1 Å². The summed E-state index contributed by atoms with van der Waals surface area (Å²) in [4.78, 5) is 14.8. The molecule has 2 aromatic carbocycles. The van der Waals surface area contributed by atoms with Gasteiger partial charge in [0, 0.05) is 30.8 Å². The van der Waals surface area contributed by atoms with E-state index in [1.807, 2.05) is 41.8 Å². The average molecular weight is 410 g/mol. The van der Waals surface area contributed by atoms with Gasteiger partial charge in [-0.2, -0.15) is 0 Å². The van der Waals surface area contributed by atoms with Crippen LogP contribution in [0.3, 0.4) is 0 Å². The molecule has 0 saturated carbocycles. The fraction of sp³-hybridized carbons (Fsp3) is 0.227. The fourth-order valence-electron chi connectivity index (χ4n) is 3.12. The zero-order valence-corrected chi connectivity index (χ0v) is 17.1. The van der Waals surface area contributed by atoms with Crippen molar-refractivity contribution in [2.45, 2.75) is 18.9 Å². The van der Waals surface area contributed by atoms with Crippen LogP contribution in [0.25, 0.3) is 6.08 Å². The Bertz CT molecular complexity index is 965. The second-order valence-corrected chi connectivity index (χ2v) is 7.21. The number of rotatable bonds is 9. The number of benzene rings is 2. The molecule has 0 bridgehead atoms. The Labute approximate surface area is 173 Å². The third-order valence-electron chi connectivity index (χ3n) is 4.68. The summed E-state index contributed by atoms with van der Waals surface area (Å²) >= 11 is 1.57. The molecule has 1 unspecified atom stereocenters. The normalized spacial score (nSPS) is 13.3. The van der Waals surface area contributed by atoms with Gasteiger partial charge in [0.1, 0.15) is 23.0 Å². The number of methoxy groups -OCH3 is 1. The molecular weight excluding hydrogens is 388 g/mol. The smallest absolute Gasteiger partial charge is 0.269 e. The van der Waals surface area contributed by atoms with Crippen LogP contribution in [-0.4, -0.2) is 23.6 Å². The van der Waals surface area contributed by atoms with Gasteiger partial charge in [0.05, 0.1) is 4.92 Å². The Morgan fingerprint density at radius 3 is 2.66 bits per heavy atom. The Hall–Kier alpha value is -3.03. The van der Waals surface area contributed by atoms with Crippen LogP contribution in [0.5, 0.6) is 5.75 Å². The maximum atomic E-state index is 10.7. The lowest BCUT2D eigenvalue weighted by Gasteiger charge is -2.30. The van der Waals surface area contributed by atoms with E-state index in [2.05, 4.69) is 11.9 Å². The lowest BCUT2D eigenvalue weighted by atomic mass is 9.91. The molecule has 0 radical (unpaired) electrons. The zero-order valence-electron chi connectivity index (χ0n) is 16.3. The summed E-state index contributed by atoms with van der Waals surface area (Å²) in [5.41, 5.74) is 1.35. The van der Waals surface area contributed by atoms with Gasteiger partial charge in [-0.15, -0.1) is 11.3 Å². The number of thiazole rings is 1. The summed E-state index contributed by atoms with van der Waals surface area (Å²) in [7, 11) is 1.70. The van der Waals surface area contributed by atoms with Crippen LogP contribution in [0.4, 0.5) is 5.69 Å². The Balaban J connectivity index is 1.69. The summed E-state index contributed by atoms with van der Waals surface area (Å²) in [6.07, 6.45) is 6.28. The van der Waals surface area contributed by atoms with Gasteiger partial charge in [0.15, 0.2) is 0 Å².